The molecule has 0 aliphatic carbocycles. The number of allylic oxidation sites excluding steroid dienone is 1. The van der Waals surface area contributed by atoms with E-state index in [2.05, 4.69) is 55.2 Å². The molecule has 3 aliphatic rings. The highest BCUT2D eigenvalue weighted by Gasteiger charge is 2.77. The van der Waals surface area contributed by atoms with Crippen LogP contribution in [-0.2, 0) is 33.4 Å². The van der Waals surface area contributed by atoms with Crippen LogP contribution in [0.4, 0.5) is 0 Å². The van der Waals surface area contributed by atoms with Crippen LogP contribution in [0.15, 0.2) is 55.6 Å². The molecular weight excluding hydrogens is 742 g/mol. The summed E-state index contributed by atoms with van der Waals surface area (Å²) < 4.78 is 18.7. The molecule has 3 heterocycles. The van der Waals surface area contributed by atoms with Gasteiger partial charge in [-0.3, -0.25) is 19.2 Å². The molecule has 1 aromatic carbocycles. The zero-order valence-corrected chi connectivity index (χ0v) is 33.9. The number of aliphatic hydroxyl groups is 1. The minimum Gasteiger partial charge on any atom is -0.455 e. The van der Waals surface area contributed by atoms with Crippen molar-refractivity contribution in [3.63, 3.8) is 0 Å². The Labute approximate surface area is 324 Å². The SMILES string of the molecule is C=CCCC(=O)N[C@@H](COC)[C@@H](OC(=O)[C@H]1[C@@H]2O[C@@]3(CC2Br)[C@@H]1C(=O)N(CCCCCO)[C@@H]3C(=O)N(CC=C)C(C)(C)CC(C)(C)C)c1ccccc1. The van der Waals surface area contributed by atoms with Crippen molar-refractivity contribution in [1.82, 2.24) is 15.1 Å². The van der Waals surface area contributed by atoms with E-state index >= 15 is 4.79 Å². The van der Waals surface area contributed by atoms with Crippen LogP contribution in [0.5, 0.6) is 0 Å². The van der Waals surface area contributed by atoms with E-state index in [9.17, 15) is 19.5 Å². The van der Waals surface area contributed by atoms with Crippen LogP contribution >= 0.6 is 15.9 Å². The molecule has 1 aromatic rings. The molecule has 3 amide bonds. The maximum Gasteiger partial charge on any atom is 0.313 e. The number of benzene rings is 1. The van der Waals surface area contributed by atoms with E-state index in [1.54, 1.807) is 17.1 Å². The highest BCUT2D eigenvalue weighted by molar-refractivity contribution is 9.09. The Bertz CT molecular complexity index is 1460. The van der Waals surface area contributed by atoms with Crippen LogP contribution in [-0.4, -0.2) is 106 Å². The number of ether oxygens (including phenoxy) is 3. The summed E-state index contributed by atoms with van der Waals surface area (Å²) in [5.41, 5.74) is -1.32. The van der Waals surface area contributed by atoms with Gasteiger partial charge in [-0.25, -0.2) is 0 Å². The lowest BCUT2D eigenvalue weighted by atomic mass is 9.70. The molecule has 3 saturated heterocycles. The van der Waals surface area contributed by atoms with Crippen molar-refractivity contribution >= 4 is 39.6 Å². The Morgan fingerprint density at radius 1 is 1.13 bits per heavy atom. The van der Waals surface area contributed by atoms with Gasteiger partial charge in [0, 0.05) is 43.6 Å². The first-order valence-corrected chi connectivity index (χ1v) is 19.8. The topological polar surface area (TPSA) is 135 Å². The molecule has 3 aliphatic heterocycles. The molecule has 1 unspecified atom stereocenters. The first kappa shape index (κ1) is 42.7. The average Bonchev–Trinajstić information content (AvgIpc) is 3.68. The standard InChI is InChI=1S/C41H60BrN3O8/c1-9-11-20-30(47)43-29(25-51-8)33(27-18-14-12-15-19-27)52-38(50)31-32-36(48)44(22-16-13-17-23-46)35(41(32)24-28(42)34(31)53-41)37(49)45(21-10-2)40(6,7)26-39(3,4)5/h9-10,12,14-15,18-19,28-29,31-35,46H,1-2,11,13,16-17,20-26H2,3-8H3,(H,43,47)/t28?,29-,31+,32-,33-,34+,35+,41-/m0/s1. The van der Waals surface area contributed by atoms with Crippen LogP contribution in [0.2, 0.25) is 0 Å². The molecule has 11 nitrogen and oxygen atoms in total. The lowest BCUT2D eigenvalue weighted by Gasteiger charge is -2.45. The summed E-state index contributed by atoms with van der Waals surface area (Å²) in [7, 11) is 1.51. The summed E-state index contributed by atoms with van der Waals surface area (Å²) in [4.78, 5) is 60.5. The number of nitrogens with zero attached hydrogens (tertiary/aromatic N) is 2. The van der Waals surface area contributed by atoms with E-state index in [1.807, 2.05) is 49.1 Å². The summed E-state index contributed by atoms with van der Waals surface area (Å²) >= 11 is 3.78. The van der Waals surface area contributed by atoms with Gasteiger partial charge in [0.05, 0.1) is 30.6 Å². The quantitative estimate of drug-likeness (QED) is 0.0764. The number of fused-ring (bicyclic) bond motifs is 1. The van der Waals surface area contributed by atoms with E-state index in [0.29, 0.717) is 44.1 Å². The Kier molecular flexibility index (Phi) is 14.5. The number of rotatable bonds is 20. The first-order chi connectivity index (χ1) is 25.1. The fourth-order valence-electron chi connectivity index (χ4n) is 8.92. The number of carbonyl (C=O) groups excluding carboxylic acids is 4. The van der Waals surface area contributed by atoms with Crippen LogP contribution in [0.3, 0.4) is 0 Å². The van der Waals surface area contributed by atoms with Gasteiger partial charge >= 0.3 is 5.97 Å². The van der Waals surface area contributed by atoms with Gasteiger partial charge in [-0.2, -0.15) is 0 Å². The number of likely N-dealkylation sites (tertiary alicyclic amines) is 1. The molecule has 2 N–H and O–H groups in total. The van der Waals surface area contributed by atoms with Crippen molar-refractivity contribution in [1.29, 1.82) is 0 Å². The number of methoxy groups -OCH3 is 1. The zero-order chi connectivity index (χ0) is 39.1. The van der Waals surface area contributed by atoms with E-state index < -0.39 is 53.2 Å². The van der Waals surface area contributed by atoms with Gasteiger partial charge in [0.2, 0.25) is 17.7 Å². The summed E-state index contributed by atoms with van der Waals surface area (Å²) in [5.74, 6) is -3.41. The predicted octanol–water partition coefficient (Wildman–Crippen LogP) is 5.51. The van der Waals surface area contributed by atoms with Gasteiger partial charge in [0.25, 0.3) is 0 Å². The maximum absolute atomic E-state index is 15.1. The number of alkyl halides is 1. The Balaban J connectivity index is 1.75. The minimum atomic E-state index is -1.28. The summed E-state index contributed by atoms with van der Waals surface area (Å²) in [6, 6.07) is 7.43. The maximum atomic E-state index is 15.1. The van der Waals surface area contributed by atoms with Gasteiger partial charge in [0.1, 0.15) is 17.7 Å². The van der Waals surface area contributed by atoms with E-state index in [0.717, 1.165) is 0 Å². The second-order valence-electron chi connectivity index (χ2n) is 16.5. The second-order valence-corrected chi connectivity index (χ2v) is 17.7. The number of halogens is 1. The first-order valence-electron chi connectivity index (χ1n) is 18.9. The number of unbranched alkanes of at least 4 members (excludes halogenated alkanes) is 2. The van der Waals surface area contributed by atoms with Gasteiger partial charge in [-0.1, -0.05) is 79.2 Å². The van der Waals surface area contributed by atoms with Crippen molar-refractivity contribution in [2.45, 2.75) is 120 Å². The molecule has 0 saturated carbocycles. The van der Waals surface area contributed by atoms with Crippen molar-refractivity contribution in [2.24, 2.45) is 17.3 Å². The van der Waals surface area contributed by atoms with Gasteiger partial charge < -0.3 is 34.4 Å². The summed E-state index contributed by atoms with van der Waals surface area (Å²) in [6.45, 7) is 18.8. The van der Waals surface area contributed by atoms with Gasteiger partial charge in [-0.15, -0.1) is 13.2 Å². The van der Waals surface area contributed by atoms with Crippen molar-refractivity contribution in [3.05, 3.63) is 61.2 Å². The van der Waals surface area contributed by atoms with Gasteiger partial charge in [0.15, 0.2) is 0 Å². The van der Waals surface area contributed by atoms with E-state index in [-0.39, 0.29) is 60.7 Å². The van der Waals surface area contributed by atoms with Crippen molar-refractivity contribution in [3.8, 4) is 0 Å². The summed E-state index contributed by atoms with van der Waals surface area (Å²) in [6.07, 6.45) is 5.25. The Hall–Kier alpha value is -3.06. The average molecular weight is 803 g/mol. The fraction of sp³-hybridized carbons (Fsp3) is 0.659. The third-order valence-electron chi connectivity index (χ3n) is 10.6. The number of amides is 3. The van der Waals surface area contributed by atoms with Crippen molar-refractivity contribution in [2.75, 3.05) is 33.4 Å². The number of aliphatic hydroxyl groups excluding tert-OH is 1. The normalized spacial score (nSPS) is 26.2. The second kappa shape index (κ2) is 18.0. The molecule has 294 valence electrons. The number of carbonyl (C=O) groups is 4. The third-order valence-corrected chi connectivity index (χ3v) is 11.5. The molecular formula is C41H60BrN3O8. The number of esters is 1. The highest BCUT2D eigenvalue weighted by atomic mass is 79.9. The lowest BCUT2D eigenvalue weighted by Crippen LogP contribution is -2.61. The fourth-order valence-corrected chi connectivity index (χ4v) is 9.86. The van der Waals surface area contributed by atoms with Crippen LogP contribution in [0.1, 0.15) is 91.2 Å². The molecule has 53 heavy (non-hydrogen) atoms. The molecule has 0 radical (unpaired) electrons. The van der Waals surface area contributed by atoms with Crippen LogP contribution in [0, 0.1) is 17.3 Å². The van der Waals surface area contributed by atoms with Crippen LogP contribution < -0.4 is 5.32 Å². The zero-order valence-electron chi connectivity index (χ0n) is 32.4. The predicted molar refractivity (Wildman–Crippen MR) is 207 cm³/mol. The minimum absolute atomic E-state index is 0.0301. The van der Waals surface area contributed by atoms with Gasteiger partial charge in [-0.05, 0) is 63.4 Å². The van der Waals surface area contributed by atoms with Crippen LogP contribution in [0.25, 0.3) is 0 Å². The molecule has 3 fully saturated rings. The molecule has 4 rings (SSSR count). The number of hydrogen-bond acceptors (Lipinski definition) is 8. The van der Waals surface area contributed by atoms with Crippen molar-refractivity contribution < 1.29 is 38.5 Å². The molecule has 1 spiro atoms. The number of nitrogens with one attached hydrogen (secondary N) is 1. The smallest absolute Gasteiger partial charge is 0.313 e. The third kappa shape index (κ3) is 9.43. The molecule has 2 bridgehead atoms. The Morgan fingerprint density at radius 2 is 1.83 bits per heavy atom. The largest absolute Gasteiger partial charge is 0.455 e. The summed E-state index contributed by atoms with van der Waals surface area (Å²) in [5, 5.41) is 12.4. The molecule has 8 atom stereocenters. The molecule has 0 aromatic heterocycles. The van der Waals surface area contributed by atoms with E-state index in [4.69, 9.17) is 14.2 Å². The highest BCUT2D eigenvalue weighted by Crippen LogP contribution is 2.61. The lowest BCUT2D eigenvalue weighted by molar-refractivity contribution is -0.163. The monoisotopic (exact) mass is 801 g/mol. The Morgan fingerprint density at radius 3 is 2.43 bits per heavy atom. The van der Waals surface area contributed by atoms with E-state index in [1.165, 1.54) is 7.11 Å². The molecule has 12 heteroatoms. The number of hydrogen-bond donors (Lipinski definition) is 2.